The number of nitrogens with one attached hydrogen (secondary N) is 1. The molecule has 0 spiro atoms. The highest BCUT2D eigenvalue weighted by Crippen LogP contribution is 2.45. The minimum absolute atomic E-state index is 0.0756. The van der Waals surface area contributed by atoms with E-state index in [1.54, 1.807) is 6.92 Å². The molecule has 0 aromatic carbocycles. The van der Waals surface area contributed by atoms with Crippen LogP contribution in [0.4, 0.5) is 4.79 Å². The summed E-state index contributed by atoms with van der Waals surface area (Å²) in [6.07, 6.45) is 19.9. The molecule has 0 heterocycles. The SMILES string of the molecule is CCCCCCCCCCCCCCCCCCC(COC(=O)NCC)OP(=O)(O)OCC[N+](C)(C)C. The van der Waals surface area contributed by atoms with Gasteiger partial charge in [0.1, 0.15) is 25.9 Å². The van der Waals surface area contributed by atoms with Gasteiger partial charge in [-0.25, -0.2) is 9.36 Å². The van der Waals surface area contributed by atoms with E-state index in [-0.39, 0.29) is 13.2 Å². The van der Waals surface area contributed by atoms with Gasteiger partial charge in [0.15, 0.2) is 0 Å². The van der Waals surface area contributed by atoms with Crippen molar-refractivity contribution >= 4 is 13.9 Å². The van der Waals surface area contributed by atoms with Crippen LogP contribution in [0.5, 0.6) is 0 Å². The lowest BCUT2D eigenvalue weighted by Crippen LogP contribution is -2.37. The summed E-state index contributed by atoms with van der Waals surface area (Å²) < 4.78 is 28.7. The number of quaternary nitrogens is 1. The van der Waals surface area contributed by atoms with Crippen molar-refractivity contribution in [2.24, 2.45) is 0 Å². The van der Waals surface area contributed by atoms with Crippen LogP contribution < -0.4 is 5.32 Å². The predicted molar refractivity (Wildman–Crippen MR) is 153 cm³/mol. The summed E-state index contributed by atoms with van der Waals surface area (Å²) in [5.74, 6) is 0. The fraction of sp³-hybridized carbons (Fsp3) is 0.964. The topological polar surface area (TPSA) is 94.1 Å². The maximum absolute atomic E-state index is 12.4. The van der Waals surface area contributed by atoms with Crippen LogP contribution in [0.2, 0.25) is 0 Å². The van der Waals surface area contributed by atoms with E-state index in [9.17, 15) is 14.3 Å². The van der Waals surface area contributed by atoms with Crippen molar-refractivity contribution in [2.75, 3.05) is 47.4 Å². The summed E-state index contributed by atoms with van der Waals surface area (Å²) in [5, 5.41) is 2.56. The van der Waals surface area contributed by atoms with Crippen molar-refractivity contribution in [3.8, 4) is 0 Å². The van der Waals surface area contributed by atoms with Crippen LogP contribution in [0.15, 0.2) is 0 Å². The third-order valence-corrected chi connectivity index (χ3v) is 7.47. The quantitative estimate of drug-likeness (QED) is 0.0653. The Morgan fingerprint density at radius 1 is 0.811 bits per heavy atom. The highest BCUT2D eigenvalue weighted by atomic mass is 31.2. The summed E-state index contributed by atoms with van der Waals surface area (Å²) in [5.41, 5.74) is 0. The number of nitrogens with zero attached hydrogens (tertiary/aromatic N) is 1. The second-order valence-corrected chi connectivity index (χ2v) is 12.7. The molecule has 2 unspecified atom stereocenters. The Labute approximate surface area is 228 Å². The van der Waals surface area contributed by atoms with Crippen LogP contribution in [0, 0.1) is 0 Å². The average Bonchev–Trinajstić information content (AvgIpc) is 2.81. The number of phosphoric ester groups is 1. The number of carbonyl (C=O) groups is 1. The molecule has 2 atom stereocenters. The standard InChI is InChI=1S/C28H59N2O6P/c1-6-8-9-10-11-12-13-14-15-16-17-18-19-20-21-22-23-27(26-34-28(31)29-7-2)36-37(32,33)35-25-24-30(3,4)5/h27H,6-26H2,1-5H3,(H-,29,31,32,33)/p+1. The number of hydrogen-bond acceptors (Lipinski definition) is 5. The van der Waals surface area contributed by atoms with E-state index in [4.69, 9.17) is 13.8 Å². The predicted octanol–water partition coefficient (Wildman–Crippen LogP) is 7.59. The molecular formula is C28H60N2O6P+. The molecule has 0 fully saturated rings. The molecule has 0 aromatic rings. The van der Waals surface area contributed by atoms with Crippen LogP contribution in [-0.4, -0.2) is 69.0 Å². The van der Waals surface area contributed by atoms with Crippen molar-refractivity contribution in [3.63, 3.8) is 0 Å². The molecule has 1 amide bonds. The van der Waals surface area contributed by atoms with E-state index in [0.717, 1.165) is 19.3 Å². The van der Waals surface area contributed by atoms with Gasteiger partial charge >= 0.3 is 13.9 Å². The molecular weight excluding hydrogens is 491 g/mol. The Hall–Kier alpha value is -0.660. The van der Waals surface area contributed by atoms with Gasteiger partial charge in [0.05, 0.1) is 21.1 Å². The largest absolute Gasteiger partial charge is 0.472 e. The first kappa shape index (κ1) is 36.3. The average molecular weight is 552 g/mol. The van der Waals surface area contributed by atoms with Crippen molar-refractivity contribution in [3.05, 3.63) is 0 Å². The first-order chi connectivity index (χ1) is 17.6. The number of unbranched alkanes of at least 4 members (excludes halogenated alkanes) is 15. The van der Waals surface area contributed by atoms with Gasteiger partial charge in [-0.2, -0.15) is 0 Å². The number of ether oxygens (including phenoxy) is 1. The molecule has 0 bridgehead atoms. The fourth-order valence-corrected chi connectivity index (χ4v) is 5.02. The smallest absolute Gasteiger partial charge is 0.447 e. The maximum atomic E-state index is 12.4. The van der Waals surface area contributed by atoms with Gasteiger partial charge in [-0.3, -0.25) is 9.05 Å². The highest BCUT2D eigenvalue weighted by molar-refractivity contribution is 7.47. The molecule has 0 saturated carbocycles. The molecule has 0 aliphatic carbocycles. The number of alkyl carbamates (subject to hydrolysis) is 1. The van der Waals surface area contributed by atoms with Crippen LogP contribution in [0.25, 0.3) is 0 Å². The van der Waals surface area contributed by atoms with E-state index >= 15 is 0 Å². The Bertz CT molecular complexity index is 586. The number of carbonyl (C=O) groups excluding carboxylic acids is 1. The molecule has 0 aliphatic heterocycles. The number of hydrogen-bond donors (Lipinski definition) is 2. The van der Waals surface area contributed by atoms with E-state index < -0.39 is 20.0 Å². The molecule has 0 aromatic heterocycles. The lowest BCUT2D eigenvalue weighted by molar-refractivity contribution is -0.870. The minimum Gasteiger partial charge on any atom is -0.447 e. The maximum Gasteiger partial charge on any atom is 0.472 e. The zero-order chi connectivity index (χ0) is 27.8. The molecule has 0 radical (unpaired) electrons. The molecule has 0 aliphatic rings. The Balaban J connectivity index is 4.02. The summed E-state index contributed by atoms with van der Waals surface area (Å²) in [6, 6.07) is 0. The molecule has 222 valence electrons. The lowest BCUT2D eigenvalue weighted by Gasteiger charge is -2.25. The Morgan fingerprint density at radius 2 is 1.27 bits per heavy atom. The van der Waals surface area contributed by atoms with Gasteiger partial charge in [-0.15, -0.1) is 0 Å². The van der Waals surface area contributed by atoms with Gasteiger partial charge in [-0.05, 0) is 13.3 Å². The molecule has 37 heavy (non-hydrogen) atoms. The molecule has 2 N–H and O–H groups in total. The summed E-state index contributed by atoms with van der Waals surface area (Å²) in [6.45, 7) is 5.13. The molecule has 0 rings (SSSR count). The first-order valence-corrected chi connectivity index (χ1v) is 16.5. The minimum atomic E-state index is -4.22. The van der Waals surface area contributed by atoms with E-state index in [0.29, 0.717) is 24.0 Å². The molecule has 8 nitrogen and oxygen atoms in total. The van der Waals surface area contributed by atoms with Gasteiger partial charge < -0.3 is 19.4 Å². The first-order valence-electron chi connectivity index (χ1n) is 15.0. The normalized spacial score (nSPS) is 14.3. The Kier molecular flexibility index (Phi) is 22.8. The summed E-state index contributed by atoms with van der Waals surface area (Å²) in [7, 11) is 1.71. The van der Waals surface area contributed by atoms with Crippen LogP contribution in [0.3, 0.4) is 0 Å². The number of likely N-dealkylation sites (N-methyl/N-ethyl adjacent to an activating group) is 1. The van der Waals surface area contributed by atoms with Gasteiger partial charge in [0.25, 0.3) is 0 Å². The van der Waals surface area contributed by atoms with Crippen LogP contribution >= 0.6 is 7.82 Å². The second kappa shape index (κ2) is 23.2. The number of rotatable bonds is 26. The van der Waals surface area contributed by atoms with Crippen molar-refractivity contribution in [2.45, 2.75) is 129 Å². The Morgan fingerprint density at radius 3 is 1.70 bits per heavy atom. The summed E-state index contributed by atoms with van der Waals surface area (Å²) >= 11 is 0. The van der Waals surface area contributed by atoms with Gasteiger partial charge in [0, 0.05) is 6.54 Å². The van der Waals surface area contributed by atoms with Gasteiger partial charge in [-0.1, -0.05) is 110 Å². The molecule has 9 heteroatoms. The zero-order valence-electron chi connectivity index (χ0n) is 24.8. The summed E-state index contributed by atoms with van der Waals surface area (Å²) in [4.78, 5) is 21.8. The van der Waals surface area contributed by atoms with Crippen LogP contribution in [0.1, 0.15) is 123 Å². The monoisotopic (exact) mass is 551 g/mol. The molecule has 0 saturated heterocycles. The van der Waals surface area contributed by atoms with Crippen molar-refractivity contribution in [1.82, 2.24) is 5.32 Å². The number of phosphoric acid groups is 1. The second-order valence-electron chi connectivity index (χ2n) is 11.3. The van der Waals surface area contributed by atoms with Crippen molar-refractivity contribution in [1.29, 1.82) is 0 Å². The number of amides is 1. The van der Waals surface area contributed by atoms with Crippen molar-refractivity contribution < 1.29 is 32.5 Å². The zero-order valence-corrected chi connectivity index (χ0v) is 25.7. The third kappa shape index (κ3) is 26.7. The van der Waals surface area contributed by atoms with E-state index in [1.807, 2.05) is 21.1 Å². The lowest BCUT2D eigenvalue weighted by atomic mass is 10.0. The third-order valence-electron chi connectivity index (χ3n) is 6.40. The van der Waals surface area contributed by atoms with Gasteiger partial charge in [0.2, 0.25) is 0 Å². The highest BCUT2D eigenvalue weighted by Gasteiger charge is 2.28. The fourth-order valence-electron chi connectivity index (χ4n) is 4.10. The van der Waals surface area contributed by atoms with E-state index in [1.165, 1.54) is 83.5 Å². The van der Waals surface area contributed by atoms with Crippen LogP contribution in [-0.2, 0) is 18.3 Å². The van der Waals surface area contributed by atoms with E-state index in [2.05, 4.69) is 12.2 Å².